The fourth-order valence-electron chi connectivity index (χ4n) is 3.29. The molecule has 7 nitrogen and oxygen atoms in total. The number of para-hydroxylation sites is 1. The van der Waals surface area contributed by atoms with E-state index in [0.717, 1.165) is 41.0 Å². The van der Waals surface area contributed by atoms with Crippen LogP contribution >= 0.6 is 0 Å². The molecule has 0 aliphatic carbocycles. The summed E-state index contributed by atoms with van der Waals surface area (Å²) in [5.74, 6) is -0.360. The van der Waals surface area contributed by atoms with Crippen molar-refractivity contribution in [2.75, 3.05) is 11.9 Å². The average Bonchev–Trinajstić information content (AvgIpc) is 3.10. The van der Waals surface area contributed by atoms with Gasteiger partial charge in [0.1, 0.15) is 0 Å². The second-order valence-corrected chi connectivity index (χ2v) is 7.03. The molecule has 3 aromatic rings. The van der Waals surface area contributed by atoms with Crippen LogP contribution in [-0.4, -0.2) is 33.2 Å². The molecule has 30 heavy (non-hydrogen) atoms. The van der Waals surface area contributed by atoms with Crippen LogP contribution in [-0.2, 0) is 22.4 Å². The number of aryl methyl sites for hydroxylation is 4. The van der Waals surface area contributed by atoms with E-state index in [9.17, 15) is 9.59 Å². The van der Waals surface area contributed by atoms with Crippen molar-refractivity contribution < 1.29 is 14.3 Å². The lowest BCUT2D eigenvalue weighted by atomic mass is 10.0. The molecule has 2 aromatic heterocycles. The van der Waals surface area contributed by atoms with E-state index in [1.165, 1.54) is 6.20 Å². The van der Waals surface area contributed by atoms with Crippen molar-refractivity contribution >= 4 is 17.6 Å². The first kappa shape index (κ1) is 21.2. The van der Waals surface area contributed by atoms with E-state index in [4.69, 9.17) is 4.74 Å². The molecule has 0 radical (unpaired) electrons. The second-order valence-electron chi connectivity index (χ2n) is 7.03. The maximum Gasteiger partial charge on any atom is 0.340 e. The van der Waals surface area contributed by atoms with E-state index in [1.54, 1.807) is 16.8 Å². The number of ether oxygens (including phenoxy) is 1. The zero-order valence-electron chi connectivity index (χ0n) is 17.7. The molecule has 1 amide bonds. The number of amides is 1. The van der Waals surface area contributed by atoms with Crippen LogP contribution in [0.2, 0.25) is 0 Å². The molecule has 0 atom stereocenters. The van der Waals surface area contributed by atoms with Crippen LogP contribution < -0.4 is 5.32 Å². The molecule has 156 valence electrons. The minimum absolute atomic E-state index is 0.274. The number of aromatic nitrogens is 3. The van der Waals surface area contributed by atoms with Gasteiger partial charge in [0.25, 0.3) is 5.91 Å². The summed E-state index contributed by atoms with van der Waals surface area (Å²) in [7, 11) is 0. The van der Waals surface area contributed by atoms with Gasteiger partial charge in [0, 0.05) is 17.6 Å². The summed E-state index contributed by atoms with van der Waals surface area (Å²) in [5, 5.41) is 7.25. The van der Waals surface area contributed by atoms with E-state index in [1.807, 2.05) is 52.0 Å². The van der Waals surface area contributed by atoms with E-state index >= 15 is 0 Å². The topological polar surface area (TPSA) is 86.1 Å². The lowest BCUT2D eigenvalue weighted by Crippen LogP contribution is -2.22. The number of anilines is 1. The Balaban J connectivity index is 1.62. The normalized spacial score (nSPS) is 10.7. The highest BCUT2D eigenvalue weighted by atomic mass is 16.5. The summed E-state index contributed by atoms with van der Waals surface area (Å²) < 4.78 is 6.87. The lowest BCUT2D eigenvalue weighted by molar-refractivity contribution is -0.119. The third kappa shape index (κ3) is 4.74. The van der Waals surface area contributed by atoms with E-state index < -0.39 is 5.97 Å². The summed E-state index contributed by atoms with van der Waals surface area (Å²) in [6, 6.07) is 11.2. The first-order chi connectivity index (χ1) is 14.4. The molecular formula is C23H26N4O3. The third-order valence-corrected chi connectivity index (χ3v) is 4.81. The minimum atomic E-state index is -0.600. The van der Waals surface area contributed by atoms with E-state index in [-0.39, 0.29) is 18.1 Å². The molecule has 3 rings (SSSR count). The zero-order chi connectivity index (χ0) is 21.7. The highest BCUT2D eigenvalue weighted by Gasteiger charge is 2.14. The third-order valence-electron chi connectivity index (χ3n) is 4.81. The Morgan fingerprint density at radius 2 is 1.77 bits per heavy atom. The smallest absolute Gasteiger partial charge is 0.340 e. The van der Waals surface area contributed by atoms with Crippen molar-refractivity contribution in [3.63, 3.8) is 0 Å². The Bertz CT molecular complexity index is 1030. The van der Waals surface area contributed by atoms with Crippen LogP contribution in [0.4, 0.5) is 5.69 Å². The molecule has 0 spiro atoms. The summed E-state index contributed by atoms with van der Waals surface area (Å²) in [4.78, 5) is 28.9. The van der Waals surface area contributed by atoms with Crippen LogP contribution in [0.3, 0.4) is 0 Å². The number of rotatable bonds is 7. The molecule has 0 unspecified atom stereocenters. The first-order valence-electron chi connectivity index (χ1n) is 10.00. The number of pyridine rings is 1. The zero-order valence-corrected chi connectivity index (χ0v) is 17.7. The van der Waals surface area contributed by atoms with Crippen LogP contribution in [0.25, 0.3) is 5.82 Å². The monoisotopic (exact) mass is 406 g/mol. The van der Waals surface area contributed by atoms with Crippen LogP contribution in [0, 0.1) is 13.8 Å². The van der Waals surface area contributed by atoms with Crippen LogP contribution in [0.1, 0.15) is 46.7 Å². The fraction of sp³-hybridized carbons (Fsp3) is 0.304. The predicted molar refractivity (Wildman–Crippen MR) is 115 cm³/mol. The summed E-state index contributed by atoms with van der Waals surface area (Å²) >= 11 is 0. The highest BCUT2D eigenvalue weighted by Crippen LogP contribution is 2.22. The van der Waals surface area contributed by atoms with Crippen LogP contribution in [0.15, 0.2) is 42.6 Å². The van der Waals surface area contributed by atoms with Gasteiger partial charge in [-0.15, -0.1) is 0 Å². The number of nitrogens with one attached hydrogen (secondary N) is 1. The standard InChI is InChI=1S/C23H26N4O3/c1-5-17-8-7-9-18(6-2)22(17)25-21(28)14-30-23(29)19-10-11-20(24-13-19)27-16(4)12-15(3)26-27/h7-13H,5-6,14H2,1-4H3,(H,25,28). The maximum absolute atomic E-state index is 12.3. The number of carbonyl (C=O) groups is 2. The number of carbonyl (C=O) groups excluding carboxylic acids is 2. The molecule has 0 fully saturated rings. The van der Waals surface area contributed by atoms with Crippen molar-refractivity contribution in [3.05, 3.63) is 70.7 Å². The number of esters is 1. The van der Waals surface area contributed by atoms with Gasteiger partial charge in [-0.1, -0.05) is 32.0 Å². The van der Waals surface area contributed by atoms with Gasteiger partial charge in [-0.3, -0.25) is 4.79 Å². The summed E-state index contributed by atoms with van der Waals surface area (Å²) in [5.41, 5.74) is 5.03. The molecule has 2 heterocycles. The lowest BCUT2D eigenvalue weighted by Gasteiger charge is -2.14. The fourth-order valence-corrected chi connectivity index (χ4v) is 3.29. The SMILES string of the molecule is CCc1cccc(CC)c1NC(=O)COC(=O)c1ccc(-n2nc(C)cc2C)nc1. The van der Waals surface area contributed by atoms with Gasteiger partial charge in [0.15, 0.2) is 12.4 Å². The summed E-state index contributed by atoms with van der Waals surface area (Å²) in [6.45, 7) is 7.55. The van der Waals surface area contributed by atoms with Gasteiger partial charge >= 0.3 is 5.97 Å². The minimum Gasteiger partial charge on any atom is -0.452 e. The number of nitrogens with zero attached hydrogens (tertiary/aromatic N) is 3. The van der Waals surface area contributed by atoms with Gasteiger partial charge in [0.2, 0.25) is 0 Å². The van der Waals surface area contributed by atoms with Crippen LogP contribution in [0.5, 0.6) is 0 Å². The van der Waals surface area contributed by atoms with E-state index in [2.05, 4.69) is 15.4 Å². The van der Waals surface area contributed by atoms with Gasteiger partial charge < -0.3 is 10.1 Å². The van der Waals surface area contributed by atoms with Gasteiger partial charge in [-0.2, -0.15) is 5.10 Å². The molecule has 0 saturated carbocycles. The van der Waals surface area contributed by atoms with Crippen molar-refractivity contribution in [3.8, 4) is 5.82 Å². The van der Waals surface area contributed by atoms with Crippen molar-refractivity contribution in [1.29, 1.82) is 0 Å². The second kappa shape index (κ2) is 9.35. The maximum atomic E-state index is 12.3. The Morgan fingerprint density at radius 3 is 2.30 bits per heavy atom. The molecule has 1 N–H and O–H groups in total. The van der Waals surface area contributed by atoms with Crippen molar-refractivity contribution in [2.45, 2.75) is 40.5 Å². The molecule has 0 aliphatic heterocycles. The molecule has 7 heteroatoms. The largest absolute Gasteiger partial charge is 0.452 e. The Hall–Kier alpha value is -3.48. The molecule has 1 aromatic carbocycles. The molecule has 0 bridgehead atoms. The Morgan fingerprint density at radius 1 is 1.07 bits per heavy atom. The summed E-state index contributed by atoms with van der Waals surface area (Å²) in [6.07, 6.45) is 3.03. The number of benzene rings is 1. The van der Waals surface area contributed by atoms with E-state index in [0.29, 0.717) is 5.82 Å². The molecular weight excluding hydrogens is 380 g/mol. The number of hydrogen-bond donors (Lipinski definition) is 1. The molecule has 0 aliphatic rings. The number of hydrogen-bond acceptors (Lipinski definition) is 5. The van der Waals surface area contributed by atoms with Gasteiger partial charge in [0.05, 0.1) is 11.3 Å². The van der Waals surface area contributed by atoms with Gasteiger partial charge in [-0.25, -0.2) is 14.5 Å². The van der Waals surface area contributed by atoms with Crippen molar-refractivity contribution in [2.24, 2.45) is 0 Å². The van der Waals surface area contributed by atoms with Crippen molar-refractivity contribution in [1.82, 2.24) is 14.8 Å². The Kier molecular flexibility index (Phi) is 6.61. The predicted octanol–water partition coefficient (Wildman–Crippen LogP) is 3.80. The average molecular weight is 406 g/mol. The Labute approximate surface area is 176 Å². The first-order valence-corrected chi connectivity index (χ1v) is 10.00. The quantitative estimate of drug-likeness (QED) is 0.603. The van der Waals surface area contributed by atoms with Gasteiger partial charge in [-0.05, 0) is 56.0 Å². The molecule has 0 saturated heterocycles. The highest BCUT2D eigenvalue weighted by molar-refractivity contribution is 5.96.